The van der Waals surface area contributed by atoms with Crippen molar-refractivity contribution in [2.24, 2.45) is 0 Å². The van der Waals surface area contributed by atoms with Gasteiger partial charge in [0, 0.05) is 6.07 Å². The Labute approximate surface area is 182 Å². The fraction of sp³-hybridized carbons (Fsp3) is 0.154. The van der Waals surface area contributed by atoms with Crippen LogP contribution in [-0.2, 0) is 17.8 Å². The molecule has 4 rings (SSSR count). The summed E-state index contributed by atoms with van der Waals surface area (Å²) in [4.78, 5) is 12.6. The van der Waals surface area contributed by atoms with Crippen LogP contribution in [0.4, 0.5) is 5.82 Å². The highest BCUT2D eigenvalue weighted by Crippen LogP contribution is 2.19. The average molecular weight is 412 g/mol. The van der Waals surface area contributed by atoms with Gasteiger partial charge in [-0.3, -0.25) is 4.79 Å². The summed E-state index contributed by atoms with van der Waals surface area (Å²) in [5, 5.41) is 7.50. The minimum absolute atomic E-state index is 0.0915. The van der Waals surface area contributed by atoms with Crippen LogP contribution in [-0.4, -0.2) is 15.7 Å². The molecule has 0 saturated carbocycles. The van der Waals surface area contributed by atoms with E-state index < -0.39 is 0 Å². The number of nitrogens with zero attached hydrogens (tertiary/aromatic N) is 2. The number of anilines is 1. The Morgan fingerprint density at radius 2 is 1.61 bits per heavy atom. The first-order valence-electron chi connectivity index (χ1n) is 10.3. The van der Waals surface area contributed by atoms with Gasteiger partial charge in [-0.15, -0.1) is 0 Å². The normalized spacial score (nSPS) is 10.6. The molecule has 5 heteroatoms. The lowest BCUT2D eigenvalue weighted by molar-refractivity contribution is -0.115. The highest BCUT2D eigenvalue weighted by molar-refractivity contribution is 5.91. The highest BCUT2D eigenvalue weighted by atomic mass is 16.5. The lowest BCUT2D eigenvalue weighted by atomic mass is 10.1. The van der Waals surface area contributed by atoms with Crippen LogP contribution in [0.3, 0.4) is 0 Å². The standard InChI is InChI=1S/C26H25N3O2/c1-19-8-12-23(13-9-19)29-25(16-20(2)28-29)27-26(30)17-21-10-14-24(15-11-21)31-18-22-6-4-3-5-7-22/h3-16H,17-18H2,1-2H3,(H,27,30). The van der Waals surface area contributed by atoms with E-state index in [2.05, 4.69) is 10.4 Å². The third kappa shape index (κ3) is 5.39. The number of nitrogens with one attached hydrogen (secondary N) is 1. The van der Waals surface area contributed by atoms with Crippen molar-refractivity contribution in [3.05, 3.63) is 107 Å². The summed E-state index contributed by atoms with van der Waals surface area (Å²) < 4.78 is 7.57. The lowest BCUT2D eigenvalue weighted by Gasteiger charge is -2.10. The van der Waals surface area contributed by atoms with Gasteiger partial charge in [0.2, 0.25) is 5.91 Å². The molecule has 0 unspecified atom stereocenters. The molecule has 0 spiro atoms. The van der Waals surface area contributed by atoms with Crippen LogP contribution in [0.1, 0.15) is 22.4 Å². The Hall–Kier alpha value is -3.86. The van der Waals surface area contributed by atoms with Gasteiger partial charge < -0.3 is 10.1 Å². The van der Waals surface area contributed by atoms with E-state index in [-0.39, 0.29) is 12.3 Å². The van der Waals surface area contributed by atoms with Gasteiger partial charge in [0.25, 0.3) is 0 Å². The molecule has 0 bridgehead atoms. The summed E-state index contributed by atoms with van der Waals surface area (Å²) in [6, 6.07) is 27.6. The summed E-state index contributed by atoms with van der Waals surface area (Å²) >= 11 is 0. The molecule has 1 N–H and O–H groups in total. The van der Waals surface area contributed by atoms with Crippen LogP contribution >= 0.6 is 0 Å². The van der Waals surface area contributed by atoms with E-state index in [1.54, 1.807) is 4.68 Å². The predicted octanol–water partition coefficient (Wildman–Crippen LogP) is 5.25. The smallest absolute Gasteiger partial charge is 0.229 e. The number of carbonyl (C=O) groups is 1. The molecule has 1 aromatic heterocycles. The molecule has 0 aliphatic rings. The maximum Gasteiger partial charge on any atom is 0.229 e. The van der Waals surface area contributed by atoms with E-state index in [1.807, 2.05) is 98.8 Å². The van der Waals surface area contributed by atoms with E-state index in [4.69, 9.17) is 4.74 Å². The molecular formula is C26H25N3O2. The van der Waals surface area contributed by atoms with Crippen molar-refractivity contribution in [2.45, 2.75) is 26.9 Å². The van der Waals surface area contributed by atoms with Crippen LogP contribution in [0.5, 0.6) is 5.75 Å². The zero-order valence-corrected chi connectivity index (χ0v) is 17.7. The van der Waals surface area contributed by atoms with Crippen LogP contribution in [0.15, 0.2) is 84.9 Å². The van der Waals surface area contributed by atoms with Crippen molar-refractivity contribution in [3.63, 3.8) is 0 Å². The van der Waals surface area contributed by atoms with Crippen LogP contribution in [0.25, 0.3) is 5.69 Å². The summed E-state index contributed by atoms with van der Waals surface area (Å²) in [5.74, 6) is 1.35. The Morgan fingerprint density at radius 1 is 0.903 bits per heavy atom. The Balaban J connectivity index is 1.37. The molecule has 0 saturated heterocycles. The number of hydrogen-bond acceptors (Lipinski definition) is 3. The number of rotatable bonds is 7. The van der Waals surface area contributed by atoms with Crippen molar-refractivity contribution in [2.75, 3.05) is 5.32 Å². The fourth-order valence-corrected chi connectivity index (χ4v) is 3.29. The first kappa shape index (κ1) is 20.4. The van der Waals surface area contributed by atoms with Gasteiger partial charge in [-0.2, -0.15) is 5.10 Å². The second kappa shape index (κ2) is 9.30. The van der Waals surface area contributed by atoms with Gasteiger partial charge in [0.15, 0.2) is 0 Å². The molecule has 5 nitrogen and oxygen atoms in total. The number of benzene rings is 3. The SMILES string of the molecule is Cc1ccc(-n2nc(C)cc2NC(=O)Cc2ccc(OCc3ccccc3)cc2)cc1. The molecule has 0 aliphatic heterocycles. The second-order valence-electron chi connectivity index (χ2n) is 7.56. The van der Waals surface area contributed by atoms with Crippen molar-refractivity contribution in [1.82, 2.24) is 9.78 Å². The fourth-order valence-electron chi connectivity index (χ4n) is 3.29. The first-order chi connectivity index (χ1) is 15.1. The van der Waals surface area contributed by atoms with Crippen LogP contribution < -0.4 is 10.1 Å². The maximum absolute atomic E-state index is 12.6. The predicted molar refractivity (Wildman–Crippen MR) is 123 cm³/mol. The molecule has 156 valence electrons. The summed E-state index contributed by atoms with van der Waals surface area (Å²) in [5.41, 5.74) is 4.97. The Kier molecular flexibility index (Phi) is 6.13. The van der Waals surface area contributed by atoms with E-state index in [9.17, 15) is 4.79 Å². The zero-order chi connectivity index (χ0) is 21.6. The monoisotopic (exact) mass is 411 g/mol. The lowest BCUT2D eigenvalue weighted by Crippen LogP contribution is -2.17. The van der Waals surface area contributed by atoms with Gasteiger partial charge in [-0.05, 0) is 49.2 Å². The molecule has 1 amide bonds. The molecule has 1 heterocycles. The number of amides is 1. The topological polar surface area (TPSA) is 56.2 Å². The molecule has 4 aromatic rings. The minimum Gasteiger partial charge on any atom is -0.489 e. The number of hydrogen-bond donors (Lipinski definition) is 1. The molecule has 3 aromatic carbocycles. The van der Waals surface area contributed by atoms with Crippen molar-refractivity contribution >= 4 is 11.7 Å². The molecule has 0 fully saturated rings. The molecule has 0 atom stereocenters. The molecule has 0 radical (unpaired) electrons. The van der Waals surface area contributed by atoms with E-state index in [0.29, 0.717) is 12.4 Å². The number of carbonyl (C=O) groups excluding carboxylic acids is 1. The third-order valence-electron chi connectivity index (χ3n) is 4.91. The second-order valence-corrected chi connectivity index (χ2v) is 7.56. The Bertz CT molecular complexity index is 1150. The molecule has 31 heavy (non-hydrogen) atoms. The van der Waals surface area contributed by atoms with Crippen LogP contribution in [0.2, 0.25) is 0 Å². The number of aryl methyl sites for hydroxylation is 2. The maximum atomic E-state index is 12.6. The first-order valence-corrected chi connectivity index (χ1v) is 10.3. The van der Waals surface area contributed by atoms with Gasteiger partial charge >= 0.3 is 0 Å². The van der Waals surface area contributed by atoms with E-state index in [0.717, 1.165) is 28.3 Å². The van der Waals surface area contributed by atoms with E-state index in [1.165, 1.54) is 5.56 Å². The zero-order valence-electron chi connectivity index (χ0n) is 17.7. The number of ether oxygens (including phenoxy) is 1. The van der Waals surface area contributed by atoms with Gasteiger partial charge in [-0.1, -0.05) is 60.2 Å². The third-order valence-corrected chi connectivity index (χ3v) is 4.91. The number of aromatic nitrogens is 2. The quantitative estimate of drug-likeness (QED) is 0.452. The van der Waals surface area contributed by atoms with Crippen molar-refractivity contribution in [3.8, 4) is 11.4 Å². The summed E-state index contributed by atoms with van der Waals surface area (Å²) in [7, 11) is 0. The van der Waals surface area contributed by atoms with Gasteiger partial charge in [0.05, 0.1) is 17.8 Å². The largest absolute Gasteiger partial charge is 0.489 e. The summed E-state index contributed by atoms with van der Waals surface area (Å²) in [6.45, 7) is 4.47. The summed E-state index contributed by atoms with van der Waals surface area (Å²) in [6.07, 6.45) is 0.275. The van der Waals surface area contributed by atoms with E-state index >= 15 is 0 Å². The van der Waals surface area contributed by atoms with Gasteiger partial charge in [0.1, 0.15) is 18.2 Å². The average Bonchev–Trinajstić information content (AvgIpc) is 3.14. The Morgan fingerprint density at radius 3 is 2.32 bits per heavy atom. The molecule has 0 aliphatic carbocycles. The highest BCUT2D eigenvalue weighted by Gasteiger charge is 2.12. The van der Waals surface area contributed by atoms with Crippen LogP contribution in [0, 0.1) is 13.8 Å². The van der Waals surface area contributed by atoms with Crippen molar-refractivity contribution in [1.29, 1.82) is 0 Å². The molecular weight excluding hydrogens is 386 g/mol. The van der Waals surface area contributed by atoms with Crippen molar-refractivity contribution < 1.29 is 9.53 Å². The minimum atomic E-state index is -0.0915. The van der Waals surface area contributed by atoms with Gasteiger partial charge in [-0.25, -0.2) is 4.68 Å².